The SMILES string of the molecule is C1=NCCO1.C=CN1CCCC1=O. The summed E-state index contributed by atoms with van der Waals surface area (Å²) in [6.45, 7) is 5.99. The molecule has 0 saturated carbocycles. The molecule has 0 atom stereocenters. The molecule has 0 unspecified atom stereocenters. The predicted molar refractivity (Wildman–Crippen MR) is 50.5 cm³/mol. The predicted octanol–water partition coefficient (Wildman–Crippen LogP) is 0.797. The number of aliphatic imine (C=N–C) groups is 1. The third-order valence-corrected chi connectivity index (χ3v) is 1.82. The van der Waals surface area contributed by atoms with E-state index in [4.69, 9.17) is 0 Å². The second-order valence-electron chi connectivity index (χ2n) is 2.76. The Morgan fingerprint density at radius 1 is 1.69 bits per heavy atom. The first-order valence-electron chi connectivity index (χ1n) is 4.36. The summed E-state index contributed by atoms with van der Waals surface area (Å²) in [7, 11) is 0. The van der Waals surface area contributed by atoms with Crippen LogP contribution in [0.5, 0.6) is 0 Å². The third kappa shape index (κ3) is 3.27. The van der Waals surface area contributed by atoms with Crippen LogP contribution in [-0.2, 0) is 9.53 Å². The second-order valence-corrected chi connectivity index (χ2v) is 2.76. The van der Waals surface area contributed by atoms with Gasteiger partial charge in [0.25, 0.3) is 0 Å². The van der Waals surface area contributed by atoms with Crippen LogP contribution in [0.1, 0.15) is 12.8 Å². The van der Waals surface area contributed by atoms with E-state index < -0.39 is 0 Å². The van der Waals surface area contributed by atoms with Gasteiger partial charge in [-0.2, -0.15) is 0 Å². The van der Waals surface area contributed by atoms with Crippen molar-refractivity contribution in [1.29, 1.82) is 0 Å². The molecule has 0 aliphatic carbocycles. The summed E-state index contributed by atoms with van der Waals surface area (Å²) in [5.74, 6) is 0.208. The molecule has 1 fully saturated rings. The highest BCUT2D eigenvalue weighted by atomic mass is 16.5. The van der Waals surface area contributed by atoms with Crippen molar-refractivity contribution in [2.75, 3.05) is 19.7 Å². The molecule has 0 spiro atoms. The lowest BCUT2D eigenvalue weighted by Gasteiger charge is -2.05. The summed E-state index contributed by atoms with van der Waals surface area (Å²) in [4.78, 5) is 16.0. The van der Waals surface area contributed by atoms with Gasteiger partial charge in [0.2, 0.25) is 5.91 Å². The van der Waals surface area contributed by atoms with Gasteiger partial charge in [0, 0.05) is 13.0 Å². The van der Waals surface area contributed by atoms with E-state index in [9.17, 15) is 4.79 Å². The summed E-state index contributed by atoms with van der Waals surface area (Å²) < 4.78 is 4.65. The zero-order chi connectivity index (χ0) is 9.52. The highest BCUT2D eigenvalue weighted by molar-refractivity contribution is 5.78. The van der Waals surface area contributed by atoms with Crippen LogP contribution in [-0.4, -0.2) is 36.9 Å². The molecule has 0 aromatic carbocycles. The first-order chi connectivity index (χ1) is 6.34. The van der Waals surface area contributed by atoms with Crippen LogP contribution in [0.25, 0.3) is 0 Å². The van der Waals surface area contributed by atoms with E-state index in [1.165, 1.54) is 6.40 Å². The van der Waals surface area contributed by atoms with Gasteiger partial charge in [-0.15, -0.1) is 0 Å². The number of ether oxygens (including phenoxy) is 1. The lowest BCUT2D eigenvalue weighted by molar-refractivity contribution is -0.125. The van der Waals surface area contributed by atoms with E-state index in [2.05, 4.69) is 16.3 Å². The summed E-state index contributed by atoms with van der Waals surface area (Å²) in [6, 6.07) is 0. The number of amides is 1. The minimum atomic E-state index is 0.208. The highest BCUT2D eigenvalue weighted by Gasteiger charge is 2.15. The number of hydrogen-bond donors (Lipinski definition) is 0. The molecule has 0 bridgehead atoms. The van der Waals surface area contributed by atoms with Gasteiger partial charge >= 0.3 is 0 Å². The molecule has 2 aliphatic heterocycles. The molecule has 4 nitrogen and oxygen atoms in total. The van der Waals surface area contributed by atoms with Crippen molar-refractivity contribution in [3.05, 3.63) is 12.8 Å². The maximum absolute atomic E-state index is 10.7. The van der Waals surface area contributed by atoms with Gasteiger partial charge in [-0.25, -0.2) is 0 Å². The molecule has 4 heteroatoms. The summed E-state index contributed by atoms with van der Waals surface area (Å²) >= 11 is 0. The first kappa shape index (κ1) is 9.77. The minimum Gasteiger partial charge on any atom is -0.482 e. The average Bonchev–Trinajstić information content (AvgIpc) is 2.76. The van der Waals surface area contributed by atoms with Crippen LogP contribution in [0.4, 0.5) is 0 Å². The minimum absolute atomic E-state index is 0.208. The molecule has 2 aliphatic rings. The zero-order valence-electron chi connectivity index (χ0n) is 7.61. The molecular weight excluding hydrogens is 168 g/mol. The fraction of sp³-hybridized carbons (Fsp3) is 0.556. The van der Waals surface area contributed by atoms with E-state index in [0.717, 1.165) is 26.1 Å². The molecule has 0 aromatic heterocycles. The molecule has 13 heavy (non-hydrogen) atoms. The zero-order valence-corrected chi connectivity index (χ0v) is 7.61. The monoisotopic (exact) mass is 182 g/mol. The summed E-state index contributed by atoms with van der Waals surface area (Å²) in [5, 5.41) is 0. The molecule has 0 N–H and O–H groups in total. The smallest absolute Gasteiger partial charge is 0.226 e. The molecular formula is C9H14N2O2. The fourth-order valence-corrected chi connectivity index (χ4v) is 1.13. The number of rotatable bonds is 1. The van der Waals surface area contributed by atoms with Gasteiger partial charge in [-0.3, -0.25) is 9.79 Å². The molecule has 0 radical (unpaired) electrons. The van der Waals surface area contributed by atoms with Gasteiger partial charge in [0.05, 0.1) is 6.54 Å². The highest BCUT2D eigenvalue weighted by Crippen LogP contribution is 2.08. The second kappa shape index (κ2) is 5.35. The Hall–Kier alpha value is -1.32. The van der Waals surface area contributed by atoms with Crippen LogP contribution in [0.2, 0.25) is 0 Å². The van der Waals surface area contributed by atoms with Crippen molar-refractivity contribution in [3.8, 4) is 0 Å². The lowest BCUT2D eigenvalue weighted by atomic mass is 10.4. The van der Waals surface area contributed by atoms with E-state index in [1.807, 2.05) is 0 Å². The van der Waals surface area contributed by atoms with Crippen LogP contribution >= 0.6 is 0 Å². The molecule has 1 amide bonds. The van der Waals surface area contributed by atoms with Crippen LogP contribution < -0.4 is 0 Å². The van der Waals surface area contributed by atoms with Crippen molar-refractivity contribution in [2.24, 2.45) is 4.99 Å². The molecule has 72 valence electrons. The number of carbonyl (C=O) groups excluding carboxylic acids is 1. The van der Waals surface area contributed by atoms with Crippen molar-refractivity contribution in [2.45, 2.75) is 12.8 Å². The van der Waals surface area contributed by atoms with Crippen molar-refractivity contribution < 1.29 is 9.53 Å². The van der Waals surface area contributed by atoms with Crippen LogP contribution in [0.3, 0.4) is 0 Å². The maximum Gasteiger partial charge on any atom is 0.226 e. The number of hydrogen-bond acceptors (Lipinski definition) is 3. The van der Waals surface area contributed by atoms with Crippen LogP contribution in [0, 0.1) is 0 Å². The number of carbonyl (C=O) groups is 1. The van der Waals surface area contributed by atoms with Gasteiger partial charge in [0.15, 0.2) is 6.40 Å². The third-order valence-electron chi connectivity index (χ3n) is 1.82. The van der Waals surface area contributed by atoms with Crippen molar-refractivity contribution in [1.82, 2.24) is 4.90 Å². The van der Waals surface area contributed by atoms with Crippen LogP contribution in [0.15, 0.2) is 17.8 Å². The van der Waals surface area contributed by atoms with E-state index >= 15 is 0 Å². The van der Waals surface area contributed by atoms with Gasteiger partial charge < -0.3 is 9.64 Å². The quantitative estimate of drug-likeness (QED) is 0.602. The normalized spacial score (nSPS) is 19.4. The Balaban J connectivity index is 0.000000145. The Kier molecular flexibility index (Phi) is 4.02. The maximum atomic E-state index is 10.7. The van der Waals surface area contributed by atoms with Crippen molar-refractivity contribution >= 4 is 12.3 Å². The number of likely N-dealkylation sites (tertiary alicyclic amines) is 1. The van der Waals surface area contributed by atoms with Gasteiger partial charge in [0.1, 0.15) is 6.61 Å². The molecule has 0 aromatic rings. The summed E-state index contributed by atoms with van der Waals surface area (Å²) in [5.41, 5.74) is 0. The topological polar surface area (TPSA) is 41.9 Å². The van der Waals surface area contributed by atoms with E-state index in [-0.39, 0.29) is 5.91 Å². The average molecular weight is 182 g/mol. The Morgan fingerprint density at radius 3 is 2.77 bits per heavy atom. The first-order valence-corrected chi connectivity index (χ1v) is 4.36. The fourth-order valence-electron chi connectivity index (χ4n) is 1.13. The van der Waals surface area contributed by atoms with Gasteiger partial charge in [-0.05, 0) is 12.6 Å². The largest absolute Gasteiger partial charge is 0.482 e. The summed E-state index contributed by atoms with van der Waals surface area (Å²) in [6.07, 6.45) is 4.77. The number of nitrogens with zero attached hydrogens (tertiary/aromatic N) is 2. The van der Waals surface area contributed by atoms with Gasteiger partial charge in [-0.1, -0.05) is 6.58 Å². The Bertz CT molecular complexity index is 208. The lowest BCUT2D eigenvalue weighted by Crippen LogP contribution is -2.16. The molecule has 2 rings (SSSR count). The Morgan fingerprint density at radius 2 is 2.54 bits per heavy atom. The standard InChI is InChI=1S/C6H9NO.C3H5NO/c1-2-7-5-3-4-6(7)8;1-2-5-3-4-1/h2H,1,3-5H2;3H,1-2H2. The van der Waals surface area contributed by atoms with E-state index in [1.54, 1.807) is 11.1 Å². The van der Waals surface area contributed by atoms with Crippen molar-refractivity contribution in [3.63, 3.8) is 0 Å². The van der Waals surface area contributed by atoms with E-state index in [0.29, 0.717) is 6.42 Å². The molecule has 1 saturated heterocycles. The molecule has 2 heterocycles. The Labute approximate surface area is 77.9 Å².